The second-order valence-corrected chi connectivity index (χ2v) is 4.59. The monoisotopic (exact) mass is 259 g/mol. The van der Waals surface area contributed by atoms with E-state index >= 15 is 0 Å². The van der Waals surface area contributed by atoms with Gasteiger partial charge in [0, 0.05) is 0 Å². The van der Waals surface area contributed by atoms with Crippen molar-refractivity contribution >= 4 is 17.8 Å². The summed E-state index contributed by atoms with van der Waals surface area (Å²) in [5.41, 5.74) is 5.34. The highest BCUT2D eigenvalue weighted by Gasteiger charge is 2.26. The molecule has 0 rings (SSSR count). The minimum absolute atomic E-state index is 0.247. The van der Waals surface area contributed by atoms with Crippen LogP contribution in [0.25, 0.3) is 0 Å². The fourth-order valence-corrected chi connectivity index (χ4v) is 1.20. The van der Waals surface area contributed by atoms with Crippen molar-refractivity contribution in [3.05, 3.63) is 0 Å². The molecule has 0 aromatic heterocycles. The normalized spacial score (nSPS) is 15.7. The van der Waals surface area contributed by atoms with Crippen molar-refractivity contribution < 1.29 is 19.5 Å². The Morgan fingerprint density at radius 3 is 1.83 bits per heavy atom. The third kappa shape index (κ3) is 5.13. The van der Waals surface area contributed by atoms with Crippen LogP contribution in [0, 0.1) is 5.92 Å². The third-order valence-corrected chi connectivity index (χ3v) is 2.40. The van der Waals surface area contributed by atoms with Gasteiger partial charge in [0.25, 0.3) is 0 Å². The third-order valence-electron chi connectivity index (χ3n) is 2.40. The number of carboxylic acid groups (broad SMARTS) is 1. The van der Waals surface area contributed by atoms with Gasteiger partial charge in [0.2, 0.25) is 11.8 Å². The number of rotatable bonds is 6. The van der Waals surface area contributed by atoms with E-state index in [2.05, 4.69) is 10.6 Å². The molecule has 0 saturated heterocycles. The Morgan fingerprint density at radius 1 is 1.00 bits per heavy atom. The average Bonchev–Trinajstić information content (AvgIpc) is 2.23. The Hall–Kier alpha value is -1.63. The fourth-order valence-electron chi connectivity index (χ4n) is 1.20. The van der Waals surface area contributed by atoms with E-state index in [-0.39, 0.29) is 5.92 Å². The first kappa shape index (κ1) is 16.4. The summed E-state index contributed by atoms with van der Waals surface area (Å²) >= 11 is 0. The molecule has 0 aliphatic carbocycles. The van der Waals surface area contributed by atoms with Crippen LogP contribution in [0.15, 0.2) is 0 Å². The van der Waals surface area contributed by atoms with Crippen LogP contribution in [0.4, 0.5) is 0 Å². The Balaban J connectivity index is 4.47. The standard InChI is InChI=1S/C11H21N3O4/c1-5(2)8(11(17)18)14-10(16)7(4)13-9(15)6(3)12/h5-8H,12H2,1-4H3,(H,13,15)(H,14,16)(H,17,18)/t6-,7-,8-/m0/s1. The summed E-state index contributed by atoms with van der Waals surface area (Å²) in [6, 6.07) is -2.53. The highest BCUT2D eigenvalue weighted by atomic mass is 16.4. The van der Waals surface area contributed by atoms with Gasteiger partial charge in [-0.1, -0.05) is 13.8 Å². The van der Waals surface area contributed by atoms with Gasteiger partial charge in [-0.25, -0.2) is 4.79 Å². The first-order valence-corrected chi connectivity index (χ1v) is 5.76. The van der Waals surface area contributed by atoms with Crippen LogP contribution in [-0.2, 0) is 14.4 Å². The molecule has 0 radical (unpaired) electrons. The first-order valence-electron chi connectivity index (χ1n) is 5.76. The van der Waals surface area contributed by atoms with Crippen molar-refractivity contribution in [2.24, 2.45) is 11.7 Å². The van der Waals surface area contributed by atoms with Crippen molar-refractivity contribution in [3.63, 3.8) is 0 Å². The largest absolute Gasteiger partial charge is 0.480 e. The van der Waals surface area contributed by atoms with E-state index in [1.807, 2.05) is 0 Å². The molecule has 7 heteroatoms. The molecule has 104 valence electrons. The van der Waals surface area contributed by atoms with Gasteiger partial charge in [0.05, 0.1) is 6.04 Å². The second-order valence-electron chi connectivity index (χ2n) is 4.59. The van der Waals surface area contributed by atoms with Crippen molar-refractivity contribution in [1.29, 1.82) is 0 Å². The Labute approximate surface area is 106 Å². The van der Waals surface area contributed by atoms with E-state index in [9.17, 15) is 14.4 Å². The topological polar surface area (TPSA) is 122 Å². The maximum Gasteiger partial charge on any atom is 0.326 e. The van der Waals surface area contributed by atoms with Crippen LogP contribution in [0.3, 0.4) is 0 Å². The number of nitrogens with one attached hydrogen (secondary N) is 2. The zero-order valence-electron chi connectivity index (χ0n) is 11.1. The molecule has 0 aliphatic heterocycles. The molecule has 0 aromatic rings. The molecule has 0 spiro atoms. The summed E-state index contributed by atoms with van der Waals surface area (Å²) in [4.78, 5) is 33.9. The van der Waals surface area contributed by atoms with E-state index in [4.69, 9.17) is 10.8 Å². The number of carbonyl (C=O) groups excluding carboxylic acids is 2. The van der Waals surface area contributed by atoms with E-state index in [1.54, 1.807) is 13.8 Å². The Kier molecular flexibility index (Phi) is 6.32. The van der Waals surface area contributed by atoms with Crippen molar-refractivity contribution in [2.45, 2.75) is 45.8 Å². The maximum atomic E-state index is 11.7. The van der Waals surface area contributed by atoms with E-state index in [0.29, 0.717) is 0 Å². The Morgan fingerprint density at radius 2 is 1.50 bits per heavy atom. The lowest BCUT2D eigenvalue weighted by Gasteiger charge is -2.21. The van der Waals surface area contributed by atoms with Crippen molar-refractivity contribution in [1.82, 2.24) is 10.6 Å². The number of amides is 2. The van der Waals surface area contributed by atoms with Gasteiger partial charge in [-0.05, 0) is 19.8 Å². The zero-order chi connectivity index (χ0) is 14.5. The molecule has 7 nitrogen and oxygen atoms in total. The van der Waals surface area contributed by atoms with E-state index < -0.39 is 35.9 Å². The van der Waals surface area contributed by atoms with Crippen LogP contribution in [0.1, 0.15) is 27.7 Å². The number of aliphatic carboxylic acids is 1. The van der Waals surface area contributed by atoms with Crippen LogP contribution in [0.2, 0.25) is 0 Å². The van der Waals surface area contributed by atoms with Crippen molar-refractivity contribution in [3.8, 4) is 0 Å². The lowest BCUT2D eigenvalue weighted by Crippen LogP contribution is -2.53. The predicted octanol–water partition coefficient (Wildman–Crippen LogP) is -0.936. The molecule has 5 N–H and O–H groups in total. The number of carbonyl (C=O) groups is 3. The molecule has 0 aliphatic rings. The van der Waals surface area contributed by atoms with Crippen LogP contribution < -0.4 is 16.4 Å². The summed E-state index contributed by atoms with van der Waals surface area (Å²) in [5, 5.41) is 13.7. The molecule has 3 atom stereocenters. The molecular formula is C11H21N3O4. The lowest BCUT2D eigenvalue weighted by molar-refractivity contribution is -0.143. The predicted molar refractivity (Wildman–Crippen MR) is 65.7 cm³/mol. The van der Waals surface area contributed by atoms with Crippen LogP contribution in [0.5, 0.6) is 0 Å². The molecule has 0 fully saturated rings. The van der Waals surface area contributed by atoms with E-state index in [1.165, 1.54) is 13.8 Å². The van der Waals surface area contributed by atoms with Crippen molar-refractivity contribution in [2.75, 3.05) is 0 Å². The van der Waals surface area contributed by atoms with Gasteiger partial charge in [-0.2, -0.15) is 0 Å². The number of hydrogen-bond acceptors (Lipinski definition) is 4. The molecule has 0 bridgehead atoms. The van der Waals surface area contributed by atoms with Gasteiger partial charge in [-0.15, -0.1) is 0 Å². The zero-order valence-corrected chi connectivity index (χ0v) is 11.1. The lowest BCUT2D eigenvalue weighted by atomic mass is 10.0. The van der Waals surface area contributed by atoms with E-state index in [0.717, 1.165) is 0 Å². The fraction of sp³-hybridized carbons (Fsp3) is 0.727. The quantitative estimate of drug-likeness (QED) is 0.490. The summed E-state index contributed by atoms with van der Waals surface area (Å²) < 4.78 is 0. The molecule has 2 amide bonds. The van der Waals surface area contributed by atoms with Crippen LogP contribution in [-0.4, -0.2) is 41.0 Å². The second kappa shape index (κ2) is 6.95. The molecule has 0 unspecified atom stereocenters. The van der Waals surface area contributed by atoms with Gasteiger partial charge in [-0.3, -0.25) is 9.59 Å². The van der Waals surface area contributed by atoms with Gasteiger partial charge >= 0.3 is 5.97 Å². The molecular weight excluding hydrogens is 238 g/mol. The maximum absolute atomic E-state index is 11.7. The summed E-state index contributed by atoms with van der Waals surface area (Å²) in [7, 11) is 0. The SMILES string of the molecule is CC(C)[C@H](NC(=O)[C@H](C)NC(=O)[C@H](C)N)C(=O)O. The summed E-state index contributed by atoms with van der Waals surface area (Å²) in [5.74, 6) is -2.37. The average molecular weight is 259 g/mol. The summed E-state index contributed by atoms with van der Waals surface area (Å²) in [6.45, 7) is 6.33. The van der Waals surface area contributed by atoms with Crippen LogP contribution >= 0.6 is 0 Å². The molecule has 0 aromatic carbocycles. The first-order chi connectivity index (χ1) is 8.16. The highest BCUT2D eigenvalue weighted by Crippen LogP contribution is 2.02. The Bertz CT molecular complexity index is 328. The smallest absolute Gasteiger partial charge is 0.326 e. The van der Waals surface area contributed by atoms with Gasteiger partial charge < -0.3 is 21.5 Å². The molecule has 0 saturated carbocycles. The minimum atomic E-state index is -1.11. The molecule has 0 heterocycles. The highest BCUT2D eigenvalue weighted by molar-refractivity contribution is 5.91. The minimum Gasteiger partial charge on any atom is -0.480 e. The van der Waals surface area contributed by atoms with Gasteiger partial charge in [0.15, 0.2) is 0 Å². The number of hydrogen-bond donors (Lipinski definition) is 4. The summed E-state index contributed by atoms with van der Waals surface area (Å²) in [6.07, 6.45) is 0. The number of carboxylic acids is 1. The number of nitrogens with two attached hydrogens (primary N) is 1. The molecule has 18 heavy (non-hydrogen) atoms. The van der Waals surface area contributed by atoms with Gasteiger partial charge in [0.1, 0.15) is 12.1 Å².